The van der Waals surface area contributed by atoms with Crippen molar-refractivity contribution in [1.29, 1.82) is 0 Å². The van der Waals surface area contributed by atoms with Crippen LogP contribution in [0.4, 0.5) is 0 Å². The fraction of sp³-hybridized carbons (Fsp3) is 0.561. The summed E-state index contributed by atoms with van der Waals surface area (Å²) in [5, 5.41) is 0. The van der Waals surface area contributed by atoms with E-state index in [1.54, 1.807) is 0 Å². The molecule has 0 amide bonds. The molecule has 3 aromatic carbocycles. The second kappa shape index (κ2) is 24.7. The molecule has 0 aliphatic rings. The van der Waals surface area contributed by atoms with Crippen molar-refractivity contribution >= 4 is 0 Å². The fourth-order valence-electron chi connectivity index (χ4n) is 5.96. The average molecular weight is 617 g/mol. The van der Waals surface area contributed by atoms with E-state index < -0.39 is 5.60 Å². The Labute approximate surface area is 274 Å². The molecule has 248 valence electrons. The summed E-state index contributed by atoms with van der Waals surface area (Å²) in [6, 6.07) is 31.3. The van der Waals surface area contributed by atoms with E-state index in [9.17, 15) is 0 Å². The number of ether oxygens (including phenoxy) is 4. The van der Waals surface area contributed by atoms with E-state index in [0.717, 1.165) is 29.7 Å². The largest absolute Gasteiger partial charge is 0.379 e. The lowest BCUT2D eigenvalue weighted by Crippen LogP contribution is -2.34. The molecule has 0 aliphatic heterocycles. The first-order valence-corrected chi connectivity index (χ1v) is 17.9. The summed E-state index contributed by atoms with van der Waals surface area (Å²) in [5.74, 6) is 0. The van der Waals surface area contributed by atoms with Crippen molar-refractivity contribution in [3.8, 4) is 0 Å². The zero-order valence-electron chi connectivity index (χ0n) is 28.1. The third-order valence-corrected chi connectivity index (χ3v) is 8.47. The van der Waals surface area contributed by atoms with Crippen LogP contribution in [0.25, 0.3) is 0 Å². The first-order chi connectivity index (χ1) is 22.4. The number of rotatable bonds is 28. The quantitative estimate of drug-likeness (QED) is 0.0601. The Morgan fingerprint density at radius 3 is 1.04 bits per heavy atom. The van der Waals surface area contributed by atoms with Crippen LogP contribution < -0.4 is 0 Å². The molecule has 0 aromatic heterocycles. The van der Waals surface area contributed by atoms with Gasteiger partial charge in [-0.25, -0.2) is 0 Å². The zero-order chi connectivity index (χ0) is 31.5. The van der Waals surface area contributed by atoms with Crippen molar-refractivity contribution in [3.05, 3.63) is 108 Å². The van der Waals surface area contributed by atoms with Crippen LogP contribution in [0.2, 0.25) is 0 Å². The van der Waals surface area contributed by atoms with E-state index in [1.807, 2.05) is 18.2 Å². The van der Waals surface area contributed by atoms with E-state index in [-0.39, 0.29) is 0 Å². The number of benzene rings is 3. The molecule has 0 heterocycles. The minimum Gasteiger partial charge on any atom is -0.379 e. The van der Waals surface area contributed by atoms with Gasteiger partial charge < -0.3 is 18.9 Å². The van der Waals surface area contributed by atoms with Crippen LogP contribution in [-0.2, 0) is 24.5 Å². The van der Waals surface area contributed by atoms with Crippen molar-refractivity contribution in [2.24, 2.45) is 0 Å². The molecule has 0 spiro atoms. The van der Waals surface area contributed by atoms with Crippen LogP contribution in [-0.4, -0.2) is 46.2 Å². The first-order valence-electron chi connectivity index (χ1n) is 17.9. The molecule has 0 bridgehead atoms. The van der Waals surface area contributed by atoms with Gasteiger partial charge in [0.2, 0.25) is 0 Å². The van der Waals surface area contributed by atoms with E-state index in [0.29, 0.717) is 39.6 Å². The van der Waals surface area contributed by atoms with Crippen LogP contribution in [0, 0.1) is 0 Å². The molecule has 0 saturated carbocycles. The molecule has 4 nitrogen and oxygen atoms in total. The Hall–Kier alpha value is -2.50. The Bertz CT molecular complexity index is 960. The summed E-state index contributed by atoms with van der Waals surface area (Å²) in [6.45, 7) is 6.43. The zero-order valence-corrected chi connectivity index (χ0v) is 28.1. The number of unbranched alkanes of at least 4 members (excludes halogenated alkanes) is 13. The van der Waals surface area contributed by atoms with Gasteiger partial charge in [-0.2, -0.15) is 0 Å². The summed E-state index contributed by atoms with van der Waals surface area (Å²) < 4.78 is 24.1. The first kappa shape index (κ1) is 37.0. The van der Waals surface area contributed by atoms with E-state index in [4.69, 9.17) is 18.9 Å². The van der Waals surface area contributed by atoms with Gasteiger partial charge in [0.05, 0.1) is 39.6 Å². The third kappa shape index (κ3) is 14.6. The normalized spacial score (nSPS) is 11.7. The van der Waals surface area contributed by atoms with Crippen molar-refractivity contribution < 1.29 is 18.9 Å². The molecule has 0 N–H and O–H groups in total. The molecule has 0 atom stereocenters. The molecular formula is C41H60O4. The van der Waals surface area contributed by atoms with Gasteiger partial charge in [0.25, 0.3) is 0 Å². The summed E-state index contributed by atoms with van der Waals surface area (Å²) in [7, 11) is 0. The average Bonchev–Trinajstić information content (AvgIpc) is 3.09. The highest BCUT2D eigenvalue weighted by Crippen LogP contribution is 2.40. The van der Waals surface area contributed by atoms with Crippen LogP contribution in [0.5, 0.6) is 0 Å². The summed E-state index contributed by atoms with van der Waals surface area (Å²) in [5.41, 5.74) is 2.58. The molecule has 3 aromatic rings. The molecule has 0 fully saturated rings. The van der Waals surface area contributed by atoms with E-state index in [1.165, 1.54) is 83.5 Å². The van der Waals surface area contributed by atoms with Crippen molar-refractivity contribution in [1.82, 2.24) is 0 Å². The predicted octanol–water partition coefficient (Wildman–Crippen LogP) is 10.5. The van der Waals surface area contributed by atoms with Crippen molar-refractivity contribution in [2.45, 2.75) is 102 Å². The van der Waals surface area contributed by atoms with Crippen molar-refractivity contribution in [3.63, 3.8) is 0 Å². The molecule has 0 unspecified atom stereocenters. The Balaban J connectivity index is 1.19. The van der Waals surface area contributed by atoms with Crippen LogP contribution in [0.3, 0.4) is 0 Å². The minimum absolute atomic E-state index is 0.459. The predicted molar refractivity (Wildman–Crippen MR) is 188 cm³/mol. The lowest BCUT2D eigenvalue weighted by molar-refractivity contribution is -0.0369. The van der Waals surface area contributed by atoms with Gasteiger partial charge in [-0.1, -0.05) is 181 Å². The fourth-order valence-corrected chi connectivity index (χ4v) is 5.96. The van der Waals surface area contributed by atoms with Gasteiger partial charge >= 0.3 is 0 Å². The minimum atomic E-state index is -0.714. The van der Waals surface area contributed by atoms with Gasteiger partial charge in [-0.15, -0.1) is 0 Å². The van der Waals surface area contributed by atoms with Crippen molar-refractivity contribution in [2.75, 3.05) is 46.2 Å². The molecular weight excluding hydrogens is 556 g/mol. The van der Waals surface area contributed by atoms with E-state index in [2.05, 4.69) is 79.7 Å². The molecule has 0 saturated heterocycles. The van der Waals surface area contributed by atoms with Gasteiger partial charge in [-0.3, -0.25) is 0 Å². The molecule has 45 heavy (non-hydrogen) atoms. The topological polar surface area (TPSA) is 36.9 Å². The van der Waals surface area contributed by atoms with Gasteiger partial charge in [0.15, 0.2) is 0 Å². The highest BCUT2D eigenvalue weighted by molar-refractivity contribution is 5.47. The van der Waals surface area contributed by atoms with Crippen LogP contribution in [0.15, 0.2) is 91.0 Å². The van der Waals surface area contributed by atoms with Gasteiger partial charge in [0.1, 0.15) is 5.60 Å². The lowest BCUT2D eigenvalue weighted by Gasteiger charge is -2.36. The van der Waals surface area contributed by atoms with Crippen LogP contribution >= 0.6 is 0 Å². The highest BCUT2D eigenvalue weighted by atomic mass is 16.6. The van der Waals surface area contributed by atoms with E-state index >= 15 is 0 Å². The summed E-state index contributed by atoms with van der Waals surface area (Å²) in [4.78, 5) is 0. The summed E-state index contributed by atoms with van der Waals surface area (Å²) in [6.07, 6.45) is 19.3. The molecule has 4 heteroatoms. The van der Waals surface area contributed by atoms with Crippen LogP contribution in [0.1, 0.15) is 114 Å². The standard InChI is InChI=1S/C41H60O4/c1-2-3-4-5-6-7-8-9-10-11-12-13-14-24-31-42-32-33-43-34-35-44-36-37-45-41(38-25-18-15-19-26-38,39-27-20-16-21-28-39)40-29-22-17-23-30-40/h15-23,25-30H,2-14,24,31-37H2,1H3. The summed E-state index contributed by atoms with van der Waals surface area (Å²) >= 11 is 0. The number of hydrogen-bond acceptors (Lipinski definition) is 4. The smallest absolute Gasteiger partial charge is 0.143 e. The Morgan fingerprint density at radius 1 is 0.356 bits per heavy atom. The maximum Gasteiger partial charge on any atom is 0.143 e. The third-order valence-electron chi connectivity index (χ3n) is 8.47. The number of hydrogen-bond donors (Lipinski definition) is 0. The maximum atomic E-state index is 6.75. The second-order valence-corrected chi connectivity index (χ2v) is 12.1. The Morgan fingerprint density at radius 2 is 0.667 bits per heavy atom. The molecule has 3 rings (SSSR count). The second-order valence-electron chi connectivity index (χ2n) is 12.1. The molecule has 0 radical (unpaired) electrons. The SMILES string of the molecule is CCCCCCCCCCCCCCCCOCCOCCOCCOC(c1ccccc1)(c1ccccc1)c1ccccc1. The highest BCUT2D eigenvalue weighted by Gasteiger charge is 2.37. The lowest BCUT2D eigenvalue weighted by atomic mass is 9.80. The monoisotopic (exact) mass is 616 g/mol. The van der Waals surface area contributed by atoms with Gasteiger partial charge in [0, 0.05) is 6.61 Å². The van der Waals surface area contributed by atoms with Gasteiger partial charge in [-0.05, 0) is 23.1 Å². The molecule has 0 aliphatic carbocycles. The Kier molecular flexibility index (Phi) is 20.3. The maximum absolute atomic E-state index is 6.75.